The van der Waals surface area contributed by atoms with Crippen LogP contribution >= 0.6 is 15.9 Å². The highest BCUT2D eigenvalue weighted by Crippen LogP contribution is 2.39. The number of benzene rings is 2. The molecule has 3 rings (SSSR count). The Hall–Kier alpha value is -2.05. The van der Waals surface area contributed by atoms with Crippen LogP contribution < -0.4 is 9.47 Å². The topological polar surface area (TPSA) is 59.0 Å². The Morgan fingerprint density at radius 3 is 2.70 bits per heavy atom. The SMILES string of the molecule is COc1ccc(C(c2cccc(Br)c2)N2CCCC(C(=O)O)C2)c(OC)c1. The molecule has 2 aromatic carbocycles. The first kappa shape index (κ1) is 19.7. The first-order valence-electron chi connectivity index (χ1n) is 8.97. The lowest BCUT2D eigenvalue weighted by Gasteiger charge is -2.38. The molecule has 1 fully saturated rings. The van der Waals surface area contributed by atoms with Gasteiger partial charge in [-0.25, -0.2) is 0 Å². The van der Waals surface area contributed by atoms with E-state index in [4.69, 9.17) is 9.47 Å². The Kier molecular flexibility index (Phi) is 6.39. The number of nitrogens with zero attached hydrogens (tertiary/aromatic N) is 1. The van der Waals surface area contributed by atoms with Crippen LogP contribution in [0.5, 0.6) is 11.5 Å². The highest BCUT2D eigenvalue weighted by molar-refractivity contribution is 9.10. The Morgan fingerprint density at radius 2 is 2.04 bits per heavy atom. The van der Waals surface area contributed by atoms with Gasteiger partial charge in [0, 0.05) is 22.6 Å². The van der Waals surface area contributed by atoms with E-state index in [9.17, 15) is 9.90 Å². The Morgan fingerprint density at radius 1 is 1.22 bits per heavy atom. The maximum Gasteiger partial charge on any atom is 0.307 e. The molecule has 0 bridgehead atoms. The van der Waals surface area contributed by atoms with Crippen molar-refractivity contribution in [3.8, 4) is 11.5 Å². The van der Waals surface area contributed by atoms with Crippen LogP contribution in [0.2, 0.25) is 0 Å². The molecule has 144 valence electrons. The van der Waals surface area contributed by atoms with Gasteiger partial charge in [-0.05, 0) is 49.2 Å². The lowest BCUT2D eigenvalue weighted by atomic mass is 9.91. The monoisotopic (exact) mass is 433 g/mol. The first-order valence-corrected chi connectivity index (χ1v) is 9.77. The number of aliphatic carboxylic acids is 1. The van der Waals surface area contributed by atoms with Gasteiger partial charge in [-0.15, -0.1) is 0 Å². The molecule has 0 spiro atoms. The van der Waals surface area contributed by atoms with Crippen molar-refractivity contribution in [1.82, 2.24) is 4.90 Å². The van der Waals surface area contributed by atoms with Crippen LogP contribution in [-0.2, 0) is 4.79 Å². The first-order chi connectivity index (χ1) is 13.0. The van der Waals surface area contributed by atoms with Gasteiger partial charge < -0.3 is 14.6 Å². The van der Waals surface area contributed by atoms with Crippen LogP contribution in [0.3, 0.4) is 0 Å². The van der Waals surface area contributed by atoms with Gasteiger partial charge in [0.15, 0.2) is 0 Å². The molecule has 1 N–H and O–H groups in total. The average molecular weight is 434 g/mol. The van der Waals surface area contributed by atoms with E-state index in [-0.39, 0.29) is 12.0 Å². The highest BCUT2D eigenvalue weighted by atomic mass is 79.9. The molecular formula is C21H24BrNO4. The Labute approximate surface area is 168 Å². The van der Waals surface area contributed by atoms with E-state index in [0.29, 0.717) is 6.54 Å². The number of hydrogen-bond acceptors (Lipinski definition) is 4. The quantitative estimate of drug-likeness (QED) is 0.733. The smallest absolute Gasteiger partial charge is 0.307 e. The van der Waals surface area contributed by atoms with Gasteiger partial charge in [0.05, 0.1) is 26.2 Å². The zero-order valence-corrected chi connectivity index (χ0v) is 17.1. The summed E-state index contributed by atoms with van der Waals surface area (Å²) in [5.41, 5.74) is 2.10. The fraction of sp³-hybridized carbons (Fsp3) is 0.381. The summed E-state index contributed by atoms with van der Waals surface area (Å²) in [6.45, 7) is 1.36. The van der Waals surface area contributed by atoms with Crippen molar-refractivity contribution >= 4 is 21.9 Å². The molecule has 1 aliphatic heterocycles. The van der Waals surface area contributed by atoms with E-state index < -0.39 is 5.97 Å². The van der Waals surface area contributed by atoms with Gasteiger partial charge in [-0.2, -0.15) is 0 Å². The molecule has 2 unspecified atom stereocenters. The van der Waals surface area contributed by atoms with Crippen molar-refractivity contribution in [3.05, 3.63) is 58.1 Å². The summed E-state index contributed by atoms with van der Waals surface area (Å²) >= 11 is 3.56. The van der Waals surface area contributed by atoms with Crippen LogP contribution in [0.1, 0.15) is 30.0 Å². The molecule has 6 heteroatoms. The minimum atomic E-state index is -0.727. The molecular weight excluding hydrogens is 410 g/mol. The summed E-state index contributed by atoms with van der Waals surface area (Å²) in [4.78, 5) is 13.8. The fourth-order valence-electron chi connectivity index (χ4n) is 3.75. The standard InChI is InChI=1S/C21H24BrNO4/c1-26-17-8-9-18(19(12-17)27-2)20(14-5-3-7-16(22)11-14)23-10-4-6-15(13-23)21(24)25/h3,5,7-9,11-12,15,20H,4,6,10,13H2,1-2H3,(H,24,25). The summed E-state index contributed by atoms with van der Waals surface area (Å²) in [5, 5.41) is 9.52. The van der Waals surface area contributed by atoms with Crippen molar-refractivity contribution in [3.63, 3.8) is 0 Å². The number of ether oxygens (including phenoxy) is 2. The van der Waals surface area contributed by atoms with Gasteiger partial charge in [-0.3, -0.25) is 9.69 Å². The Balaban J connectivity index is 2.07. The molecule has 0 aliphatic carbocycles. The van der Waals surface area contributed by atoms with Gasteiger partial charge >= 0.3 is 5.97 Å². The maximum atomic E-state index is 11.6. The van der Waals surface area contributed by atoms with Gasteiger partial charge in [-0.1, -0.05) is 28.1 Å². The van der Waals surface area contributed by atoms with E-state index in [0.717, 1.165) is 46.5 Å². The summed E-state index contributed by atoms with van der Waals surface area (Å²) in [5.74, 6) is 0.384. The average Bonchev–Trinajstić information content (AvgIpc) is 2.68. The number of halogens is 1. The largest absolute Gasteiger partial charge is 0.497 e. The fourth-order valence-corrected chi connectivity index (χ4v) is 4.17. The number of methoxy groups -OCH3 is 2. The minimum absolute atomic E-state index is 0.0921. The lowest BCUT2D eigenvalue weighted by Crippen LogP contribution is -2.41. The zero-order valence-electron chi connectivity index (χ0n) is 15.5. The summed E-state index contributed by atoms with van der Waals surface area (Å²) in [6, 6.07) is 13.9. The third kappa shape index (κ3) is 4.45. The lowest BCUT2D eigenvalue weighted by molar-refractivity contribution is -0.143. The van der Waals surface area contributed by atoms with E-state index in [1.54, 1.807) is 14.2 Å². The molecule has 0 aromatic heterocycles. The van der Waals surface area contributed by atoms with Gasteiger partial charge in [0.25, 0.3) is 0 Å². The van der Waals surface area contributed by atoms with Crippen LogP contribution in [-0.4, -0.2) is 43.3 Å². The molecule has 0 saturated carbocycles. The molecule has 0 amide bonds. The molecule has 1 saturated heterocycles. The molecule has 2 atom stereocenters. The molecule has 1 heterocycles. The van der Waals surface area contributed by atoms with E-state index in [1.165, 1.54) is 0 Å². The Bertz CT molecular complexity index is 811. The number of carbonyl (C=O) groups is 1. The van der Waals surface area contributed by atoms with Crippen molar-refractivity contribution in [2.75, 3.05) is 27.3 Å². The second-order valence-electron chi connectivity index (χ2n) is 6.74. The van der Waals surface area contributed by atoms with Crippen molar-refractivity contribution < 1.29 is 19.4 Å². The van der Waals surface area contributed by atoms with Crippen molar-refractivity contribution in [2.45, 2.75) is 18.9 Å². The number of likely N-dealkylation sites (tertiary alicyclic amines) is 1. The van der Waals surface area contributed by atoms with Crippen LogP contribution in [0.4, 0.5) is 0 Å². The third-order valence-electron chi connectivity index (χ3n) is 5.07. The van der Waals surface area contributed by atoms with Crippen LogP contribution in [0, 0.1) is 5.92 Å². The number of carboxylic acid groups (broad SMARTS) is 1. The number of carboxylic acids is 1. The molecule has 0 radical (unpaired) electrons. The van der Waals surface area contributed by atoms with E-state index in [1.807, 2.05) is 30.3 Å². The molecule has 1 aliphatic rings. The summed E-state index contributed by atoms with van der Waals surface area (Å²) in [6.07, 6.45) is 1.58. The van der Waals surface area contributed by atoms with Crippen molar-refractivity contribution in [1.29, 1.82) is 0 Å². The highest BCUT2D eigenvalue weighted by Gasteiger charge is 2.32. The number of hydrogen-bond donors (Lipinski definition) is 1. The summed E-state index contributed by atoms with van der Waals surface area (Å²) in [7, 11) is 3.27. The predicted molar refractivity (Wildman–Crippen MR) is 107 cm³/mol. The molecule has 27 heavy (non-hydrogen) atoms. The maximum absolute atomic E-state index is 11.6. The predicted octanol–water partition coefficient (Wildman–Crippen LogP) is 4.35. The van der Waals surface area contributed by atoms with Gasteiger partial charge in [0.2, 0.25) is 0 Å². The second-order valence-corrected chi connectivity index (χ2v) is 7.65. The number of piperidine rings is 1. The zero-order chi connectivity index (χ0) is 19.4. The summed E-state index contributed by atoms with van der Waals surface area (Å²) < 4.78 is 12.0. The van der Waals surface area contributed by atoms with E-state index >= 15 is 0 Å². The van der Waals surface area contributed by atoms with Crippen LogP contribution in [0.15, 0.2) is 46.9 Å². The van der Waals surface area contributed by atoms with Gasteiger partial charge in [0.1, 0.15) is 11.5 Å². The number of rotatable bonds is 6. The van der Waals surface area contributed by atoms with Crippen molar-refractivity contribution in [2.24, 2.45) is 5.92 Å². The molecule has 5 nitrogen and oxygen atoms in total. The third-order valence-corrected chi connectivity index (χ3v) is 5.56. The van der Waals surface area contributed by atoms with E-state index in [2.05, 4.69) is 33.0 Å². The molecule has 2 aromatic rings. The minimum Gasteiger partial charge on any atom is -0.497 e. The normalized spacial score (nSPS) is 18.7. The second kappa shape index (κ2) is 8.76. The van der Waals surface area contributed by atoms with Crippen LogP contribution in [0.25, 0.3) is 0 Å².